The van der Waals surface area contributed by atoms with Crippen LogP contribution >= 0.6 is 11.6 Å². The van der Waals surface area contributed by atoms with Crippen LogP contribution in [0.4, 0.5) is 0 Å². The maximum absolute atomic E-state index is 6.25. The summed E-state index contributed by atoms with van der Waals surface area (Å²) >= 11 is 6.25. The summed E-state index contributed by atoms with van der Waals surface area (Å²) in [7, 11) is -1.34. The second-order valence-electron chi connectivity index (χ2n) is 7.61. The van der Waals surface area contributed by atoms with E-state index < -0.39 is 8.07 Å². The molecule has 1 heterocycles. The van der Waals surface area contributed by atoms with E-state index in [1.807, 2.05) is 24.3 Å². The van der Waals surface area contributed by atoms with Gasteiger partial charge in [-0.3, -0.25) is 0 Å². The molecule has 5 heteroatoms. The molecule has 134 valence electrons. The Hall–Kier alpha value is -2.56. The number of rotatable bonds is 3. The van der Waals surface area contributed by atoms with Gasteiger partial charge in [-0.1, -0.05) is 91.6 Å². The second-order valence-corrected chi connectivity index (χ2v) is 13.0. The molecule has 3 nitrogen and oxygen atoms in total. The minimum Gasteiger partial charge on any atom is -0.208 e. The third-order valence-corrected chi connectivity index (χ3v) is 6.88. The molecule has 0 N–H and O–H groups in total. The van der Waals surface area contributed by atoms with Crippen molar-refractivity contribution in [1.29, 1.82) is 0 Å². The van der Waals surface area contributed by atoms with Crippen LogP contribution in [0.25, 0.3) is 33.5 Å². The Bertz CT molecular complexity index is 1110. The summed E-state index contributed by atoms with van der Waals surface area (Å²) in [5.41, 5.74) is 1.90. The number of aromatic nitrogens is 3. The average Bonchev–Trinajstić information content (AvgIpc) is 2.66. The zero-order valence-corrected chi connectivity index (χ0v) is 17.3. The summed E-state index contributed by atoms with van der Waals surface area (Å²) in [6.45, 7) is 7.00. The van der Waals surface area contributed by atoms with Gasteiger partial charge in [-0.05, 0) is 22.4 Å². The van der Waals surface area contributed by atoms with Gasteiger partial charge in [-0.15, -0.1) is 0 Å². The summed E-state index contributed by atoms with van der Waals surface area (Å²) in [6, 6.07) is 22.8. The molecule has 0 aliphatic carbocycles. The molecule has 3 aromatic carbocycles. The maximum atomic E-state index is 6.25. The molecule has 0 radical (unpaired) electrons. The van der Waals surface area contributed by atoms with Crippen molar-refractivity contribution in [2.75, 3.05) is 0 Å². The normalized spacial score (nSPS) is 11.7. The SMILES string of the molecule is C[Si](C)(C)c1ccc(-c2nc(Cl)nc(-c3cccc4ccccc34)n2)cc1. The Morgan fingerprint density at radius 2 is 1.37 bits per heavy atom. The van der Waals surface area contributed by atoms with Crippen molar-refractivity contribution < 1.29 is 0 Å². The lowest BCUT2D eigenvalue weighted by Crippen LogP contribution is -2.37. The molecule has 4 rings (SSSR count). The highest BCUT2D eigenvalue weighted by molar-refractivity contribution is 6.88. The van der Waals surface area contributed by atoms with E-state index in [-0.39, 0.29) is 5.28 Å². The van der Waals surface area contributed by atoms with E-state index in [0.717, 1.165) is 21.9 Å². The Morgan fingerprint density at radius 3 is 2.11 bits per heavy atom. The fourth-order valence-electron chi connectivity index (χ4n) is 3.14. The van der Waals surface area contributed by atoms with Crippen LogP contribution in [0.1, 0.15) is 0 Å². The van der Waals surface area contributed by atoms with Gasteiger partial charge in [0.05, 0.1) is 8.07 Å². The van der Waals surface area contributed by atoms with Crippen LogP contribution in [-0.4, -0.2) is 23.0 Å². The highest BCUT2D eigenvalue weighted by atomic mass is 35.5. The van der Waals surface area contributed by atoms with Crippen molar-refractivity contribution in [1.82, 2.24) is 15.0 Å². The highest BCUT2D eigenvalue weighted by Crippen LogP contribution is 2.28. The minimum atomic E-state index is -1.34. The molecule has 0 atom stereocenters. The lowest BCUT2D eigenvalue weighted by molar-refractivity contribution is 1.07. The number of nitrogens with zero attached hydrogens (tertiary/aromatic N) is 3. The van der Waals surface area contributed by atoms with Crippen molar-refractivity contribution in [3.63, 3.8) is 0 Å². The van der Waals surface area contributed by atoms with E-state index in [9.17, 15) is 0 Å². The van der Waals surface area contributed by atoms with Crippen molar-refractivity contribution in [2.45, 2.75) is 19.6 Å². The van der Waals surface area contributed by atoms with Crippen molar-refractivity contribution >= 4 is 35.6 Å². The van der Waals surface area contributed by atoms with Crippen molar-refractivity contribution in [3.8, 4) is 22.8 Å². The van der Waals surface area contributed by atoms with Gasteiger partial charge in [0.25, 0.3) is 0 Å². The quantitative estimate of drug-likeness (QED) is 0.430. The van der Waals surface area contributed by atoms with E-state index in [4.69, 9.17) is 16.6 Å². The smallest absolute Gasteiger partial charge is 0.208 e. The predicted molar refractivity (Wildman–Crippen MR) is 116 cm³/mol. The van der Waals surface area contributed by atoms with Gasteiger partial charge in [0, 0.05) is 11.1 Å². The lowest BCUT2D eigenvalue weighted by atomic mass is 10.0. The highest BCUT2D eigenvalue weighted by Gasteiger charge is 2.17. The van der Waals surface area contributed by atoms with Crippen LogP contribution in [0.3, 0.4) is 0 Å². The van der Waals surface area contributed by atoms with Crippen molar-refractivity contribution in [2.24, 2.45) is 0 Å². The zero-order chi connectivity index (χ0) is 19.0. The molecule has 0 amide bonds. The molecule has 4 aromatic rings. The summed E-state index contributed by atoms with van der Waals surface area (Å²) in [5.74, 6) is 1.19. The van der Waals surface area contributed by atoms with Crippen molar-refractivity contribution in [3.05, 3.63) is 72.0 Å². The van der Waals surface area contributed by atoms with Gasteiger partial charge in [0.15, 0.2) is 11.6 Å². The van der Waals surface area contributed by atoms with Gasteiger partial charge in [0.2, 0.25) is 5.28 Å². The second kappa shape index (κ2) is 6.87. The first-order valence-electron chi connectivity index (χ1n) is 8.92. The summed E-state index contributed by atoms with van der Waals surface area (Å²) in [6.07, 6.45) is 0. The van der Waals surface area contributed by atoms with E-state index in [0.29, 0.717) is 11.6 Å². The van der Waals surface area contributed by atoms with E-state index in [2.05, 4.69) is 72.1 Å². The maximum Gasteiger partial charge on any atom is 0.226 e. The molecule has 0 unspecified atom stereocenters. The third-order valence-electron chi connectivity index (χ3n) is 4.65. The molecule has 0 fully saturated rings. The Kier molecular flexibility index (Phi) is 4.54. The topological polar surface area (TPSA) is 38.7 Å². The first-order valence-corrected chi connectivity index (χ1v) is 12.8. The van der Waals surface area contributed by atoms with Gasteiger partial charge in [-0.2, -0.15) is 9.97 Å². The molecule has 0 saturated carbocycles. The fraction of sp³-hybridized carbons (Fsp3) is 0.136. The first kappa shape index (κ1) is 17.8. The summed E-state index contributed by atoms with van der Waals surface area (Å²) in [5, 5.41) is 3.85. The number of fused-ring (bicyclic) bond motifs is 1. The summed E-state index contributed by atoms with van der Waals surface area (Å²) < 4.78 is 0. The van der Waals surface area contributed by atoms with Crippen LogP contribution in [-0.2, 0) is 0 Å². The predicted octanol–water partition coefficient (Wildman–Crippen LogP) is 5.56. The monoisotopic (exact) mass is 389 g/mol. The zero-order valence-electron chi connectivity index (χ0n) is 15.6. The summed E-state index contributed by atoms with van der Waals surface area (Å²) in [4.78, 5) is 13.5. The van der Waals surface area contributed by atoms with Crippen LogP contribution < -0.4 is 5.19 Å². The molecule has 0 saturated heterocycles. The molecule has 0 aliphatic heterocycles. The van der Waals surface area contributed by atoms with Crippen LogP contribution in [0, 0.1) is 0 Å². The van der Waals surface area contributed by atoms with Gasteiger partial charge >= 0.3 is 0 Å². The molecular formula is C22H20ClN3Si. The van der Waals surface area contributed by atoms with Crippen LogP contribution in [0.15, 0.2) is 66.7 Å². The molecule has 0 bridgehead atoms. The molecule has 0 aliphatic rings. The van der Waals surface area contributed by atoms with E-state index in [1.165, 1.54) is 5.19 Å². The number of hydrogen-bond acceptors (Lipinski definition) is 3. The molecule has 27 heavy (non-hydrogen) atoms. The Labute approximate surface area is 165 Å². The largest absolute Gasteiger partial charge is 0.226 e. The Morgan fingerprint density at radius 1 is 0.704 bits per heavy atom. The number of benzene rings is 3. The Balaban J connectivity index is 1.82. The first-order chi connectivity index (χ1) is 12.9. The fourth-order valence-corrected chi connectivity index (χ4v) is 4.47. The standard InChI is InChI=1S/C22H20ClN3Si/c1-27(2,3)17-13-11-16(12-14-17)20-24-21(26-22(23)25-20)19-10-6-8-15-7-4-5-9-18(15)19/h4-14H,1-3H3. The minimum absolute atomic E-state index is 0.206. The van der Waals surface area contributed by atoms with Crippen LogP contribution in [0.5, 0.6) is 0 Å². The van der Waals surface area contributed by atoms with Gasteiger partial charge < -0.3 is 0 Å². The lowest BCUT2D eigenvalue weighted by Gasteiger charge is -2.16. The molecule has 0 spiro atoms. The van der Waals surface area contributed by atoms with Gasteiger partial charge in [-0.25, -0.2) is 4.98 Å². The number of hydrogen-bond donors (Lipinski definition) is 0. The van der Waals surface area contributed by atoms with E-state index in [1.54, 1.807) is 0 Å². The van der Waals surface area contributed by atoms with Crippen LogP contribution in [0.2, 0.25) is 24.9 Å². The number of halogens is 1. The molecular weight excluding hydrogens is 370 g/mol. The third kappa shape index (κ3) is 3.63. The molecule has 1 aromatic heterocycles. The van der Waals surface area contributed by atoms with Gasteiger partial charge in [0.1, 0.15) is 0 Å². The van der Waals surface area contributed by atoms with E-state index >= 15 is 0 Å². The average molecular weight is 390 g/mol.